The Hall–Kier alpha value is -3.34. The van der Waals surface area contributed by atoms with E-state index in [0.717, 1.165) is 7.11 Å². The van der Waals surface area contributed by atoms with Crippen molar-refractivity contribution in [3.63, 3.8) is 0 Å². The number of amides is 2. The largest absolute Gasteiger partial charge is 0.496 e. The molecule has 10 nitrogen and oxygen atoms in total. The molecular weight excluding hydrogens is 378 g/mol. The third-order valence-electron chi connectivity index (χ3n) is 3.27. The molecule has 0 bridgehead atoms. The normalized spacial score (nSPS) is 10.6. The van der Waals surface area contributed by atoms with Gasteiger partial charge in [-0.2, -0.15) is 4.98 Å². The molecule has 0 aliphatic heterocycles. The zero-order chi connectivity index (χ0) is 20.0. The van der Waals surface area contributed by atoms with Gasteiger partial charge < -0.3 is 14.2 Å². The first-order valence-corrected chi connectivity index (χ1v) is 8.90. The lowest BCUT2D eigenvalue weighted by atomic mass is 10.2. The van der Waals surface area contributed by atoms with Crippen molar-refractivity contribution in [1.29, 1.82) is 0 Å². The van der Waals surface area contributed by atoms with Gasteiger partial charge in [0.1, 0.15) is 16.5 Å². The van der Waals surface area contributed by atoms with Gasteiger partial charge >= 0.3 is 12.0 Å². The summed E-state index contributed by atoms with van der Waals surface area (Å²) in [5.74, 6) is -0.352. The summed E-state index contributed by atoms with van der Waals surface area (Å²) < 4.78 is 41.3. The predicted octanol–water partition coefficient (Wildman–Crippen LogP) is 1.40. The monoisotopic (exact) mass is 395 g/mol. The quantitative estimate of drug-likeness (QED) is 0.701. The van der Waals surface area contributed by atoms with Crippen molar-refractivity contribution >= 4 is 27.8 Å². The van der Waals surface area contributed by atoms with Crippen molar-refractivity contribution in [2.45, 2.75) is 4.90 Å². The van der Waals surface area contributed by atoms with Crippen LogP contribution < -0.4 is 19.5 Å². The fourth-order valence-electron chi connectivity index (χ4n) is 2.07. The van der Waals surface area contributed by atoms with E-state index in [0.29, 0.717) is 5.75 Å². The van der Waals surface area contributed by atoms with Crippen molar-refractivity contribution in [3.05, 3.63) is 42.0 Å². The summed E-state index contributed by atoms with van der Waals surface area (Å²) >= 11 is 0. The number of rotatable bonds is 6. The number of carbonyl (C=O) groups is 2. The molecule has 0 atom stereocenters. The van der Waals surface area contributed by atoms with Crippen LogP contribution in [-0.4, -0.2) is 46.7 Å². The molecule has 27 heavy (non-hydrogen) atoms. The second-order valence-electron chi connectivity index (χ2n) is 4.98. The highest BCUT2D eigenvalue weighted by Crippen LogP contribution is 2.22. The van der Waals surface area contributed by atoms with Crippen molar-refractivity contribution < 1.29 is 32.2 Å². The number of nitrogens with zero attached hydrogens (tertiary/aromatic N) is 1. The summed E-state index contributed by atoms with van der Waals surface area (Å²) in [5.41, 5.74) is -0.207. The second kappa shape index (κ2) is 8.36. The first-order valence-electron chi connectivity index (χ1n) is 7.42. The lowest BCUT2D eigenvalue weighted by Gasteiger charge is -2.12. The lowest BCUT2D eigenvalue weighted by molar-refractivity contribution is 0.0596. The fourth-order valence-corrected chi connectivity index (χ4v) is 3.17. The van der Waals surface area contributed by atoms with E-state index in [1.54, 1.807) is 0 Å². The number of pyridine rings is 1. The summed E-state index contributed by atoms with van der Waals surface area (Å²) in [6.07, 6.45) is 0. The summed E-state index contributed by atoms with van der Waals surface area (Å²) in [7, 11) is -0.447. The van der Waals surface area contributed by atoms with Crippen LogP contribution in [0, 0.1) is 0 Å². The van der Waals surface area contributed by atoms with Crippen molar-refractivity contribution in [1.82, 2.24) is 9.71 Å². The summed E-state index contributed by atoms with van der Waals surface area (Å²) in [6, 6.07) is 7.09. The molecule has 0 fully saturated rings. The minimum absolute atomic E-state index is 0.000142. The van der Waals surface area contributed by atoms with Gasteiger partial charge in [-0.15, -0.1) is 0 Å². The highest BCUT2D eigenvalue weighted by molar-refractivity contribution is 7.90. The molecule has 1 aromatic carbocycles. The van der Waals surface area contributed by atoms with Gasteiger partial charge in [-0.3, -0.25) is 5.32 Å². The Bertz CT molecular complexity index is 938. The Labute approximate surface area is 155 Å². The van der Waals surface area contributed by atoms with Gasteiger partial charge in [-0.05, 0) is 12.1 Å². The number of carbonyl (C=O) groups excluding carboxylic acids is 2. The highest BCUT2D eigenvalue weighted by atomic mass is 32.2. The van der Waals surface area contributed by atoms with Crippen LogP contribution in [0.1, 0.15) is 10.4 Å². The number of anilines is 1. The van der Waals surface area contributed by atoms with Crippen LogP contribution >= 0.6 is 0 Å². The third kappa shape index (κ3) is 4.85. The third-order valence-corrected chi connectivity index (χ3v) is 4.66. The molecule has 0 spiro atoms. The lowest BCUT2D eigenvalue weighted by Crippen LogP contribution is -2.35. The Morgan fingerprint density at radius 2 is 1.74 bits per heavy atom. The SMILES string of the molecule is COC(=O)c1ccccc1S(=O)(=O)NC(=O)Nc1cc(OC)cc(OC)n1. The van der Waals surface area contributed by atoms with Crippen molar-refractivity contribution in [2.75, 3.05) is 26.6 Å². The second-order valence-corrected chi connectivity index (χ2v) is 6.63. The molecule has 0 aliphatic rings. The van der Waals surface area contributed by atoms with Crippen LogP contribution in [0.25, 0.3) is 0 Å². The van der Waals surface area contributed by atoms with Crippen molar-refractivity contribution in [2.24, 2.45) is 0 Å². The molecule has 1 aromatic heterocycles. The van der Waals surface area contributed by atoms with Crippen LogP contribution in [0.3, 0.4) is 0 Å². The standard InChI is InChI=1S/C16H17N3O7S/c1-24-10-8-13(17-14(9-10)25-2)18-16(21)19-27(22,23)12-7-5-4-6-11(12)15(20)26-3/h4-9H,1-3H3,(H2,17,18,19,21). The van der Waals surface area contributed by atoms with Crippen LogP contribution in [-0.2, 0) is 14.8 Å². The van der Waals surface area contributed by atoms with Crippen LogP contribution in [0.15, 0.2) is 41.3 Å². The molecule has 1 heterocycles. The maximum absolute atomic E-state index is 12.5. The predicted molar refractivity (Wildman–Crippen MR) is 94.5 cm³/mol. The molecule has 2 rings (SSSR count). The summed E-state index contributed by atoms with van der Waals surface area (Å²) in [5, 5.41) is 2.26. The maximum atomic E-state index is 12.5. The molecule has 144 valence electrons. The average molecular weight is 395 g/mol. The number of aromatic nitrogens is 1. The Morgan fingerprint density at radius 1 is 1.04 bits per heavy atom. The molecule has 2 N–H and O–H groups in total. The number of urea groups is 1. The van der Waals surface area contributed by atoms with E-state index >= 15 is 0 Å². The number of esters is 1. The number of methoxy groups -OCH3 is 3. The molecule has 11 heteroatoms. The van der Waals surface area contributed by atoms with Crippen molar-refractivity contribution in [3.8, 4) is 11.6 Å². The maximum Gasteiger partial charge on any atom is 0.339 e. The molecule has 0 saturated heterocycles. The van der Waals surface area contributed by atoms with Gasteiger partial charge in [0, 0.05) is 12.1 Å². The van der Waals surface area contributed by atoms with Gasteiger partial charge in [0.15, 0.2) is 0 Å². The number of hydrogen-bond donors (Lipinski definition) is 2. The van der Waals surface area contributed by atoms with Gasteiger partial charge in [0.2, 0.25) is 5.88 Å². The minimum atomic E-state index is -4.35. The van der Waals surface area contributed by atoms with Gasteiger partial charge in [0.25, 0.3) is 10.0 Å². The van der Waals surface area contributed by atoms with E-state index in [1.165, 1.54) is 50.6 Å². The van der Waals surface area contributed by atoms with E-state index in [1.807, 2.05) is 4.72 Å². The first-order chi connectivity index (χ1) is 12.8. The van der Waals surface area contributed by atoms with Crippen LogP contribution in [0.4, 0.5) is 10.6 Å². The van der Waals surface area contributed by atoms with E-state index in [-0.39, 0.29) is 17.3 Å². The zero-order valence-corrected chi connectivity index (χ0v) is 15.5. The number of benzene rings is 1. The van der Waals surface area contributed by atoms with Gasteiger partial charge in [0.05, 0.1) is 26.9 Å². The molecule has 0 radical (unpaired) electrons. The summed E-state index contributed by atoms with van der Waals surface area (Å²) in [6.45, 7) is 0. The number of hydrogen-bond acceptors (Lipinski definition) is 8. The summed E-state index contributed by atoms with van der Waals surface area (Å²) in [4.78, 5) is 27.4. The topological polar surface area (TPSA) is 133 Å². The Balaban J connectivity index is 2.24. The van der Waals surface area contributed by atoms with E-state index in [2.05, 4.69) is 15.0 Å². The molecule has 2 aromatic rings. The fraction of sp³-hybridized carbons (Fsp3) is 0.188. The van der Waals surface area contributed by atoms with E-state index in [9.17, 15) is 18.0 Å². The molecular formula is C16H17N3O7S. The molecule has 0 unspecified atom stereocenters. The molecule has 0 aliphatic carbocycles. The number of sulfonamides is 1. The van der Waals surface area contributed by atoms with Crippen LogP contribution in [0.2, 0.25) is 0 Å². The van der Waals surface area contributed by atoms with E-state index < -0.39 is 26.9 Å². The Kier molecular flexibility index (Phi) is 6.19. The van der Waals surface area contributed by atoms with E-state index in [4.69, 9.17) is 9.47 Å². The smallest absolute Gasteiger partial charge is 0.339 e. The number of nitrogens with one attached hydrogen (secondary N) is 2. The first kappa shape index (κ1) is 20.0. The van der Waals surface area contributed by atoms with Crippen LogP contribution in [0.5, 0.6) is 11.6 Å². The zero-order valence-electron chi connectivity index (χ0n) is 14.7. The number of ether oxygens (including phenoxy) is 3. The van der Waals surface area contributed by atoms with Gasteiger partial charge in [-0.1, -0.05) is 12.1 Å². The minimum Gasteiger partial charge on any atom is -0.496 e. The highest BCUT2D eigenvalue weighted by Gasteiger charge is 2.24. The molecule has 2 amide bonds. The molecule has 0 saturated carbocycles. The van der Waals surface area contributed by atoms with Gasteiger partial charge in [-0.25, -0.2) is 22.7 Å². The Morgan fingerprint density at radius 3 is 2.37 bits per heavy atom. The average Bonchev–Trinajstić information content (AvgIpc) is 2.66.